The molecule has 0 saturated heterocycles. The van der Waals surface area contributed by atoms with Gasteiger partial charge in [0, 0.05) is 5.69 Å². The number of nitrogens with two attached hydrogens (primary N) is 1. The van der Waals surface area contributed by atoms with Crippen molar-refractivity contribution in [3.05, 3.63) is 22.8 Å². The summed E-state index contributed by atoms with van der Waals surface area (Å²) in [6, 6.07) is 1.63. The quantitative estimate of drug-likeness (QED) is 0.710. The second kappa shape index (κ2) is 5.63. The zero-order chi connectivity index (χ0) is 15.7. The smallest absolute Gasteiger partial charge is 0.283 e. The molecular formula is C12H18F2N2O3S. The van der Waals surface area contributed by atoms with Gasteiger partial charge in [-0.05, 0) is 43.5 Å². The summed E-state index contributed by atoms with van der Waals surface area (Å²) >= 11 is 0. The highest BCUT2D eigenvalue weighted by atomic mass is 32.2. The second-order valence-corrected chi connectivity index (χ2v) is 6.40. The molecule has 1 rings (SSSR count). The van der Waals surface area contributed by atoms with Gasteiger partial charge in [-0.2, -0.15) is 0 Å². The molecule has 0 unspecified atom stereocenters. The third-order valence-electron chi connectivity index (χ3n) is 3.10. The predicted octanol–water partition coefficient (Wildman–Crippen LogP) is 1.10. The van der Waals surface area contributed by atoms with Crippen molar-refractivity contribution in [2.75, 3.05) is 18.9 Å². The van der Waals surface area contributed by atoms with Gasteiger partial charge in [-0.25, -0.2) is 21.9 Å². The van der Waals surface area contributed by atoms with Gasteiger partial charge in [-0.1, -0.05) is 0 Å². The molecule has 5 nitrogen and oxygen atoms in total. The number of aliphatic hydroxyl groups excluding tert-OH is 1. The molecule has 8 heteroatoms. The molecule has 0 heterocycles. The SMILES string of the molecule is Cc1cc(N)c(C)c(S(=O)(=O)NCC(F)(F)CO)c1C. The molecule has 0 aliphatic carbocycles. The van der Waals surface area contributed by atoms with E-state index in [0.29, 0.717) is 16.7 Å². The summed E-state index contributed by atoms with van der Waals surface area (Å²) in [6.45, 7) is 2.19. The summed E-state index contributed by atoms with van der Waals surface area (Å²) in [5.41, 5.74) is 7.42. The highest BCUT2D eigenvalue weighted by Gasteiger charge is 2.31. The summed E-state index contributed by atoms with van der Waals surface area (Å²) in [7, 11) is -4.13. The number of nitrogens with one attached hydrogen (secondary N) is 1. The number of benzene rings is 1. The van der Waals surface area contributed by atoms with Crippen molar-refractivity contribution >= 4 is 15.7 Å². The molecule has 0 bridgehead atoms. The van der Waals surface area contributed by atoms with Crippen LogP contribution in [0.25, 0.3) is 0 Å². The monoisotopic (exact) mass is 308 g/mol. The molecule has 1 aromatic carbocycles. The van der Waals surface area contributed by atoms with Gasteiger partial charge in [0.2, 0.25) is 10.0 Å². The first-order valence-corrected chi connectivity index (χ1v) is 7.35. The normalized spacial score (nSPS) is 12.7. The van der Waals surface area contributed by atoms with Crippen LogP contribution in [0.5, 0.6) is 0 Å². The molecule has 1 aromatic rings. The predicted molar refractivity (Wildman–Crippen MR) is 72.3 cm³/mol. The van der Waals surface area contributed by atoms with Crippen molar-refractivity contribution in [1.82, 2.24) is 4.72 Å². The third kappa shape index (κ3) is 3.44. The lowest BCUT2D eigenvalue weighted by atomic mass is 10.1. The second-order valence-electron chi connectivity index (χ2n) is 4.70. The summed E-state index contributed by atoms with van der Waals surface area (Å²) in [5, 5.41) is 8.45. The van der Waals surface area contributed by atoms with Gasteiger partial charge in [0.05, 0.1) is 11.4 Å². The van der Waals surface area contributed by atoms with Crippen LogP contribution < -0.4 is 10.5 Å². The molecule has 0 radical (unpaired) electrons. The van der Waals surface area contributed by atoms with E-state index in [9.17, 15) is 17.2 Å². The van der Waals surface area contributed by atoms with Crippen LogP contribution in [0.15, 0.2) is 11.0 Å². The number of aliphatic hydroxyl groups is 1. The molecule has 0 fully saturated rings. The molecule has 0 aromatic heterocycles. The molecule has 114 valence electrons. The summed E-state index contributed by atoms with van der Waals surface area (Å²) in [6.07, 6.45) is 0. The van der Waals surface area contributed by atoms with E-state index >= 15 is 0 Å². The minimum absolute atomic E-state index is 0.0938. The maximum absolute atomic E-state index is 13.0. The first kappa shape index (κ1) is 16.8. The van der Waals surface area contributed by atoms with Crippen molar-refractivity contribution in [2.24, 2.45) is 0 Å². The van der Waals surface area contributed by atoms with Crippen molar-refractivity contribution in [1.29, 1.82) is 0 Å². The molecule has 0 amide bonds. The number of hydrogen-bond donors (Lipinski definition) is 3. The Labute approximate surface area is 116 Å². The Kier molecular flexibility index (Phi) is 4.73. The van der Waals surface area contributed by atoms with Crippen molar-refractivity contribution < 1.29 is 22.3 Å². The molecule has 0 atom stereocenters. The van der Waals surface area contributed by atoms with Crippen LogP contribution in [-0.4, -0.2) is 32.6 Å². The maximum Gasteiger partial charge on any atom is 0.283 e. The van der Waals surface area contributed by atoms with Crippen LogP contribution in [0.4, 0.5) is 14.5 Å². The van der Waals surface area contributed by atoms with E-state index in [1.165, 1.54) is 6.92 Å². The molecule has 4 N–H and O–H groups in total. The van der Waals surface area contributed by atoms with Crippen LogP contribution in [0.2, 0.25) is 0 Å². The lowest BCUT2D eigenvalue weighted by Crippen LogP contribution is -2.39. The van der Waals surface area contributed by atoms with Crippen LogP contribution in [0, 0.1) is 20.8 Å². The fourth-order valence-electron chi connectivity index (χ4n) is 1.77. The molecule has 0 spiro atoms. The van der Waals surface area contributed by atoms with Gasteiger partial charge in [0.1, 0.15) is 6.61 Å². The zero-order valence-corrected chi connectivity index (χ0v) is 12.3. The molecule has 20 heavy (non-hydrogen) atoms. The van der Waals surface area contributed by atoms with Gasteiger partial charge in [0.15, 0.2) is 0 Å². The zero-order valence-electron chi connectivity index (χ0n) is 11.5. The lowest BCUT2D eigenvalue weighted by Gasteiger charge is -2.18. The molecule has 0 aliphatic rings. The van der Waals surface area contributed by atoms with Gasteiger partial charge in [-0.3, -0.25) is 0 Å². The number of hydrogen-bond acceptors (Lipinski definition) is 4. The summed E-state index contributed by atoms with van der Waals surface area (Å²) < 4.78 is 52.0. The molecule has 0 saturated carbocycles. The largest absolute Gasteiger partial charge is 0.398 e. The Morgan fingerprint density at radius 3 is 2.35 bits per heavy atom. The molecular weight excluding hydrogens is 290 g/mol. The Morgan fingerprint density at radius 1 is 1.30 bits per heavy atom. The standard InChI is InChI=1S/C12H18F2N2O3S/c1-7-4-10(15)9(3)11(8(7)2)20(18,19)16-5-12(13,14)6-17/h4,16-17H,5-6,15H2,1-3H3. The van der Waals surface area contributed by atoms with Gasteiger partial charge < -0.3 is 10.8 Å². The summed E-state index contributed by atoms with van der Waals surface area (Å²) in [4.78, 5) is -0.0938. The van der Waals surface area contributed by atoms with E-state index in [-0.39, 0.29) is 10.6 Å². The number of anilines is 1. The first-order chi connectivity index (χ1) is 9.02. The Morgan fingerprint density at radius 2 is 1.85 bits per heavy atom. The first-order valence-electron chi connectivity index (χ1n) is 5.86. The number of sulfonamides is 1. The highest BCUT2D eigenvalue weighted by molar-refractivity contribution is 7.89. The van der Waals surface area contributed by atoms with E-state index in [4.69, 9.17) is 10.8 Å². The minimum atomic E-state index is -4.13. The molecule has 0 aliphatic heterocycles. The fraction of sp³-hybridized carbons (Fsp3) is 0.500. The van der Waals surface area contributed by atoms with Crippen molar-refractivity contribution in [3.8, 4) is 0 Å². The highest BCUT2D eigenvalue weighted by Crippen LogP contribution is 2.28. The Bertz CT molecular complexity index is 589. The Balaban J connectivity index is 3.24. The van der Waals surface area contributed by atoms with E-state index in [1.807, 2.05) is 4.72 Å². The van der Waals surface area contributed by atoms with Crippen LogP contribution >= 0.6 is 0 Å². The topological polar surface area (TPSA) is 92.4 Å². The van der Waals surface area contributed by atoms with Crippen LogP contribution in [0.1, 0.15) is 16.7 Å². The van der Waals surface area contributed by atoms with Crippen LogP contribution in [0.3, 0.4) is 0 Å². The number of nitrogen functional groups attached to an aromatic ring is 1. The Hall–Kier alpha value is -1.25. The average molecular weight is 308 g/mol. The number of aryl methyl sites for hydroxylation is 1. The van der Waals surface area contributed by atoms with Crippen LogP contribution in [-0.2, 0) is 10.0 Å². The number of halogens is 2. The van der Waals surface area contributed by atoms with Gasteiger partial charge in [-0.15, -0.1) is 0 Å². The van der Waals surface area contributed by atoms with Crippen molar-refractivity contribution in [3.63, 3.8) is 0 Å². The van der Waals surface area contributed by atoms with E-state index in [1.54, 1.807) is 19.9 Å². The minimum Gasteiger partial charge on any atom is -0.398 e. The lowest BCUT2D eigenvalue weighted by molar-refractivity contribution is -0.0437. The summed E-state index contributed by atoms with van der Waals surface area (Å²) in [5.74, 6) is -3.51. The maximum atomic E-state index is 13.0. The van der Waals surface area contributed by atoms with E-state index in [2.05, 4.69) is 0 Å². The fourth-order valence-corrected chi connectivity index (χ4v) is 3.40. The van der Waals surface area contributed by atoms with Gasteiger partial charge in [0.25, 0.3) is 5.92 Å². The number of rotatable bonds is 5. The number of alkyl halides is 2. The van der Waals surface area contributed by atoms with Crippen molar-refractivity contribution in [2.45, 2.75) is 31.6 Å². The van der Waals surface area contributed by atoms with E-state index in [0.717, 1.165) is 0 Å². The van der Waals surface area contributed by atoms with Gasteiger partial charge >= 0.3 is 0 Å². The van der Waals surface area contributed by atoms with E-state index < -0.39 is 29.1 Å². The third-order valence-corrected chi connectivity index (χ3v) is 4.77. The average Bonchev–Trinajstić information content (AvgIpc) is 2.34.